The van der Waals surface area contributed by atoms with Crippen molar-refractivity contribution >= 4 is 0 Å². The minimum absolute atomic E-state index is 0. The fourth-order valence-electron chi connectivity index (χ4n) is 4.63. The normalized spacial score (nSPS) is 10.8. The van der Waals surface area contributed by atoms with Gasteiger partial charge in [0.05, 0.1) is 5.75 Å². The summed E-state index contributed by atoms with van der Waals surface area (Å²) in [6.45, 7) is 4.11. The van der Waals surface area contributed by atoms with Gasteiger partial charge in [-0.2, -0.15) is 0 Å². The van der Waals surface area contributed by atoms with E-state index in [1.807, 2.05) is 80.0 Å². The first kappa shape index (κ1) is 27.2. The van der Waals surface area contributed by atoms with E-state index < -0.39 is 0 Å². The molecule has 1 radical (unpaired) electrons. The zero-order chi connectivity index (χ0) is 26.6. The molecule has 3 nitrogen and oxygen atoms in total. The SMILES string of the molecule is Cc1ccc(-c2[c-]cccc2)nc1.Cc1ccnc(-c2[c-]cc3c(c2)-c2ccccc2-c2ccccc2O3)c1.[Ir]. The predicted octanol–water partition coefficient (Wildman–Crippen LogP) is 9.15. The molecule has 3 heterocycles. The van der Waals surface area contributed by atoms with Gasteiger partial charge in [-0.25, -0.2) is 0 Å². The number of rotatable bonds is 2. The summed E-state index contributed by atoms with van der Waals surface area (Å²) in [4.78, 5) is 8.82. The van der Waals surface area contributed by atoms with E-state index in [-0.39, 0.29) is 20.1 Å². The van der Waals surface area contributed by atoms with Gasteiger partial charge in [0.25, 0.3) is 0 Å². The average molecular weight is 695 g/mol. The molecule has 0 fully saturated rings. The molecule has 4 aromatic carbocycles. The van der Waals surface area contributed by atoms with Crippen LogP contribution in [0.5, 0.6) is 11.5 Å². The molecule has 0 spiro atoms. The molecule has 1 aliphatic rings. The molecule has 0 atom stereocenters. The van der Waals surface area contributed by atoms with Gasteiger partial charge in [-0.05, 0) is 54.1 Å². The molecule has 40 heavy (non-hydrogen) atoms. The second-order valence-electron chi connectivity index (χ2n) is 9.48. The smallest absolute Gasteiger partial charge is 0.122 e. The Kier molecular flexibility index (Phi) is 8.31. The van der Waals surface area contributed by atoms with Crippen LogP contribution in [0.1, 0.15) is 11.1 Å². The van der Waals surface area contributed by atoms with E-state index in [2.05, 4.69) is 77.6 Å². The van der Waals surface area contributed by atoms with Crippen molar-refractivity contribution in [2.24, 2.45) is 0 Å². The zero-order valence-corrected chi connectivity index (χ0v) is 24.6. The summed E-state index contributed by atoms with van der Waals surface area (Å²) >= 11 is 0. The van der Waals surface area contributed by atoms with Crippen LogP contribution < -0.4 is 4.74 Å². The van der Waals surface area contributed by atoms with Crippen LogP contribution in [-0.4, -0.2) is 9.97 Å². The van der Waals surface area contributed by atoms with Crippen LogP contribution in [0.25, 0.3) is 44.8 Å². The van der Waals surface area contributed by atoms with E-state index in [1.54, 1.807) is 0 Å². The minimum Gasteiger partial charge on any atom is -0.500 e. The van der Waals surface area contributed by atoms with Crippen LogP contribution in [0.15, 0.2) is 122 Å². The van der Waals surface area contributed by atoms with Crippen molar-refractivity contribution in [1.29, 1.82) is 0 Å². The third kappa shape index (κ3) is 5.79. The average Bonchev–Trinajstić information content (AvgIpc) is 3.13. The van der Waals surface area contributed by atoms with Gasteiger partial charge < -0.3 is 14.7 Å². The number of para-hydroxylation sites is 1. The van der Waals surface area contributed by atoms with Gasteiger partial charge in [-0.15, -0.1) is 59.7 Å². The van der Waals surface area contributed by atoms with Gasteiger partial charge in [-0.3, -0.25) is 0 Å². The maximum atomic E-state index is 6.25. The molecule has 0 N–H and O–H groups in total. The molecule has 0 saturated carbocycles. The van der Waals surface area contributed by atoms with Gasteiger partial charge in [0, 0.05) is 38.1 Å². The summed E-state index contributed by atoms with van der Waals surface area (Å²) in [5, 5.41) is 0. The van der Waals surface area contributed by atoms with Crippen LogP contribution in [0, 0.1) is 26.0 Å². The van der Waals surface area contributed by atoms with Crippen molar-refractivity contribution in [3.05, 3.63) is 145 Å². The number of pyridine rings is 2. The third-order valence-corrected chi connectivity index (χ3v) is 6.62. The maximum Gasteiger partial charge on any atom is 0.122 e. The minimum atomic E-state index is 0. The van der Waals surface area contributed by atoms with Crippen LogP contribution in [0.2, 0.25) is 0 Å². The molecule has 6 aromatic rings. The van der Waals surface area contributed by atoms with E-state index in [9.17, 15) is 0 Å². The molecule has 4 heteroatoms. The van der Waals surface area contributed by atoms with Crippen molar-refractivity contribution in [3.63, 3.8) is 0 Å². The van der Waals surface area contributed by atoms with E-state index in [0.29, 0.717) is 0 Å². The molecule has 0 bridgehead atoms. The second kappa shape index (κ2) is 12.2. The first-order chi connectivity index (χ1) is 19.2. The number of hydrogen-bond donors (Lipinski definition) is 0. The second-order valence-corrected chi connectivity index (χ2v) is 9.48. The van der Waals surface area contributed by atoms with Crippen molar-refractivity contribution in [1.82, 2.24) is 9.97 Å². The molecule has 0 saturated heterocycles. The maximum absolute atomic E-state index is 6.25. The Morgan fingerprint density at radius 3 is 2.05 bits per heavy atom. The number of ether oxygens (including phenoxy) is 1. The molecule has 0 unspecified atom stereocenters. The van der Waals surface area contributed by atoms with E-state index in [4.69, 9.17) is 4.74 Å². The largest absolute Gasteiger partial charge is 0.500 e. The summed E-state index contributed by atoms with van der Waals surface area (Å²) in [6, 6.07) is 43.1. The Balaban J connectivity index is 0.000000195. The first-order valence-electron chi connectivity index (χ1n) is 12.9. The van der Waals surface area contributed by atoms with Crippen molar-refractivity contribution in [2.75, 3.05) is 0 Å². The molecular weight excluding hydrogens is 669 g/mol. The number of aryl methyl sites for hydroxylation is 2. The Hall–Kier alpha value is -4.37. The standard InChI is InChI=1S/C24H16NO.C12H10N.Ir/c1-16-12-13-25-22(14-16)17-10-11-24-21(15-17)19-7-3-2-6-18(19)20-8-4-5-9-23(20)26-24;1-10-7-8-12(13-9-10)11-5-3-2-4-6-11;/h2-9,11-15H,1H3;2-5,7-9H,1H3;/q2*-1;. The molecule has 1 aliphatic heterocycles. The Morgan fingerprint density at radius 2 is 1.32 bits per heavy atom. The molecule has 7 rings (SSSR count). The predicted molar refractivity (Wildman–Crippen MR) is 157 cm³/mol. The topological polar surface area (TPSA) is 35.0 Å². The summed E-state index contributed by atoms with van der Waals surface area (Å²) in [7, 11) is 0. The zero-order valence-electron chi connectivity index (χ0n) is 22.2. The molecule has 2 aromatic heterocycles. The Bertz CT molecular complexity index is 1750. The quantitative estimate of drug-likeness (QED) is 0.169. The van der Waals surface area contributed by atoms with Crippen LogP contribution >= 0.6 is 0 Å². The Labute approximate surface area is 248 Å². The fourth-order valence-corrected chi connectivity index (χ4v) is 4.63. The fraction of sp³-hybridized carbons (Fsp3) is 0.0556. The number of benzene rings is 4. The summed E-state index contributed by atoms with van der Waals surface area (Å²) < 4.78 is 6.25. The number of fused-ring (bicyclic) bond motifs is 5. The van der Waals surface area contributed by atoms with Gasteiger partial charge in [0.2, 0.25) is 0 Å². The van der Waals surface area contributed by atoms with Gasteiger partial charge in [0.1, 0.15) is 5.75 Å². The monoisotopic (exact) mass is 695 g/mol. The van der Waals surface area contributed by atoms with Gasteiger partial charge in [-0.1, -0.05) is 71.8 Å². The van der Waals surface area contributed by atoms with E-state index >= 15 is 0 Å². The van der Waals surface area contributed by atoms with Crippen LogP contribution in [0.3, 0.4) is 0 Å². The molecule has 0 aliphatic carbocycles. The van der Waals surface area contributed by atoms with Crippen LogP contribution in [0.4, 0.5) is 0 Å². The van der Waals surface area contributed by atoms with Crippen molar-refractivity contribution < 1.29 is 24.8 Å². The molecule has 0 amide bonds. The number of nitrogens with zero attached hydrogens (tertiary/aromatic N) is 2. The number of hydrogen-bond acceptors (Lipinski definition) is 3. The first-order valence-corrected chi connectivity index (χ1v) is 12.9. The number of aromatic nitrogens is 2. The van der Waals surface area contributed by atoms with Gasteiger partial charge >= 0.3 is 0 Å². The summed E-state index contributed by atoms with van der Waals surface area (Å²) in [6.07, 6.45) is 3.71. The third-order valence-electron chi connectivity index (χ3n) is 6.62. The van der Waals surface area contributed by atoms with E-state index in [0.717, 1.165) is 50.7 Å². The van der Waals surface area contributed by atoms with E-state index in [1.165, 1.54) is 16.7 Å². The van der Waals surface area contributed by atoms with Crippen molar-refractivity contribution in [3.8, 4) is 56.3 Å². The van der Waals surface area contributed by atoms with Crippen LogP contribution in [-0.2, 0) is 20.1 Å². The molecular formula is C36H26IrN2O-2. The summed E-state index contributed by atoms with van der Waals surface area (Å²) in [5.41, 5.74) is 10.8. The molecule has 197 valence electrons. The Morgan fingerprint density at radius 1 is 0.575 bits per heavy atom. The van der Waals surface area contributed by atoms with Crippen molar-refractivity contribution in [2.45, 2.75) is 13.8 Å². The van der Waals surface area contributed by atoms with Gasteiger partial charge in [0.15, 0.2) is 0 Å². The summed E-state index contributed by atoms with van der Waals surface area (Å²) in [5.74, 6) is 1.69.